The minimum absolute atomic E-state index is 0.00255. The predicted octanol–water partition coefficient (Wildman–Crippen LogP) is 4.24. The highest BCUT2D eigenvalue weighted by atomic mass is 19.4. The Morgan fingerprint density at radius 1 is 0.944 bits per heavy atom. The number of hydrogen-bond donors (Lipinski definition) is 1. The van der Waals surface area contributed by atoms with E-state index in [0.29, 0.717) is 17.6 Å². The SMILES string of the molecule is O=C(NCCn1ncc2c(=O)n(Cc3cccc4ccccc34)cnc21)c1ccccc1C(F)(F)F. The molecule has 182 valence electrons. The van der Waals surface area contributed by atoms with Gasteiger partial charge in [0.05, 0.1) is 30.4 Å². The van der Waals surface area contributed by atoms with Gasteiger partial charge in [0.1, 0.15) is 11.7 Å². The summed E-state index contributed by atoms with van der Waals surface area (Å²) in [6.45, 7) is 0.467. The molecule has 2 heterocycles. The van der Waals surface area contributed by atoms with Crippen LogP contribution in [0.25, 0.3) is 21.8 Å². The standard InChI is InChI=1S/C26H20F3N5O2/c27-26(28,29)22-11-4-3-10-20(22)24(35)30-12-13-34-23-21(14-32-34)25(36)33(16-31-23)15-18-8-5-7-17-6-1-2-9-19(17)18/h1-11,14,16H,12-13,15H2,(H,30,35). The summed E-state index contributed by atoms with van der Waals surface area (Å²) in [6, 6.07) is 18.4. The zero-order chi connectivity index (χ0) is 25.3. The summed E-state index contributed by atoms with van der Waals surface area (Å²) in [4.78, 5) is 29.8. The molecule has 5 aromatic rings. The molecule has 0 spiro atoms. The van der Waals surface area contributed by atoms with Gasteiger partial charge in [0.2, 0.25) is 0 Å². The molecule has 5 rings (SSSR count). The number of carbonyl (C=O) groups excluding carboxylic acids is 1. The molecule has 0 unspecified atom stereocenters. The molecule has 0 aliphatic carbocycles. The lowest BCUT2D eigenvalue weighted by molar-refractivity contribution is -0.137. The molecule has 0 radical (unpaired) electrons. The Kier molecular flexibility index (Phi) is 6.01. The number of fused-ring (bicyclic) bond motifs is 2. The van der Waals surface area contributed by atoms with Gasteiger partial charge in [0.25, 0.3) is 11.5 Å². The first-order chi connectivity index (χ1) is 17.3. The van der Waals surface area contributed by atoms with E-state index in [1.54, 1.807) is 0 Å². The Bertz CT molecular complexity index is 1630. The number of nitrogens with one attached hydrogen (secondary N) is 1. The zero-order valence-electron chi connectivity index (χ0n) is 18.9. The number of halogens is 3. The fourth-order valence-corrected chi connectivity index (χ4v) is 4.19. The van der Waals surface area contributed by atoms with Gasteiger partial charge in [-0.05, 0) is 28.5 Å². The van der Waals surface area contributed by atoms with Crippen LogP contribution in [0, 0.1) is 0 Å². The van der Waals surface area contributed by atoms with E-state index in [4.69, 9.17) is 0 Å². The van der Waals surface area contributed by atoms with E-state index in [9.17, 15) is 22.8 Å². The van der Waals surface area contributed by atoms with Crippen LogP contribution in [-0.2, 0) is 19.3 Å². The van der Waals surface area contributed by atoms with Gasteiger partial charge in [-0.25, -0.2) is 9.67 Å². The Balaban J connectivity index is 1.32. The van der Waals surface area contributed by atoms with Crippen LogP contribution in [0.1, 0.15) is 21.5 Å². The van der Waals surface area contributed by atoms with Crippen molar-refractivity contribution in [3.8, 4) is 0 Å². The highest BCUT2D eigenvalue weighted by molar-refractivity contribution is 5.95. The van der Waals surface area contributed by atoms with Gasteiger partial charge in [-0.1, -0.05) is 54.6 Å². The second-order valence-electron chi connectivity index (χ2n) is 8.22. The Hall–Kier alpha value is -4.47. The third-order valence-corrected chi connectivity index (χ3v) is 5.93. The number of alkyl halides is 3. The Morgan fingerprint density at radius 2 is 1.69 bits per heavy atom. The summed E-state index contributed by atoms with van der Waals surface area (Å²) >= 11 is 0. The molecule has 3 aromatic carbocycles. The van der Waals surface area contributed by atoms with Crippen LogP contribution in [0.5, 0.6) is 0 Å². The summed E-state index contributed by atoms with van der Waals surface area (Å²) < 4.78 is 42.5. The fraction of sp³-hybridized carbons (Fsp3) is 0.154. The highest BCUT2D eigenvalue weighted by Gasteiger charge is 2.34. The van der Waals surface area contributed by atoms with Crippen LogP contribution in [0.4, 0.5) is 13.2 Å². The summed E-state index contributed by atoms with van der Waals surface area (Å²) in [5.41, 5.74) is -0.405. The van der Waals surface area contributed by atoms with E-state index in [-0.39, 0.29) is 18.6 Å². The molecule has 10 heteroatoms. The minimum Gasteiger partial charge on any atom is -0.350 e. The molecule has 0 saturated heterocycles. The maximum atomic E-state index is 13.2. The quantitative estimate of drug-likeness (QED) is 0.385. The third-order valence-electron chi connectivity index (χ3n) is 5.93. The van der Waals surface area contributed by atoms with Gasteiger partial charge in [-0.2, -0.15) is 18.3 Å². The molecule has 0 aliphatic heterocycles. The second-order valence-corrected chi connectivity index (χ2v) is 8.22. The second kappa shape index (κ2) is 9.29. The smallest absolute Gasteiger partial charge is 0.350 e. The van der Waals surface area contributed by atoms with Crippen LogP contribution in [0.2, 0.25) is 0 Å². The monoisotopic (exact) mass is 491 g/mol. The molecule has 7 nitrogen and oxygen atoms in total. The van der Waals surface area contributed by atoms with Crippen LogP contribution < -0.4 is 10.9 Å². The van der Waals surface area contributed by atoms with E-state index < -0.39 is 23.2 Å². The highest BCUT2D eigenvalue weighted by Crippen LogP contribution is 2.31. The summed E-state index contributed by atoms with van der Waals surface area (Å²) in [5.74, 6) is -0.843. The van der Waals surface area contributed by atoms with Crippen molar-refractivity contribution in [2.24, 2.45) is 0 Å². The summed E-state index contributed by atoms with van der Waals surface area (Å²) in [5, 5.41) is 9.10. The van der Waals surface area contributed by atoms with Gasteiger partial charge in [0, 0.05) is 6.54 Å². The number of carbonyl (C=O) groups is 1. The fourth-order valence-electron chi connectivity index (χ4n) is 4.19. The number of nitrogens with zero attached hydrogens (tertiary/aromatic N) is 4. The first-order valence-corrected chi connectivity index (χ1v) is 11.1. The van der Waals surface area contributed by atoms with E-state index >= 15 is 0 Å². The molecule has 0 saturated carbocycles. The first-order valence-electron chi connectivity index (χ1n) is 11.1. The number of rotatable bonds is 6. The average molecular weight is 491 g/mol. The van der Waals surface area contributed by atoms with Crippen LogP contribution in [0.15, 0.2) is 84.0 Å². The van der Waals surface area contributed by atoms with Crippen molar-refractivity contribution in [1.82, 2.24) is 24.6 Å². The Labute approximate surface area is 202 Å². The molecular formula is C26H20F3N5O2. The third kappa shape index (κ3) is 4.45. The van der Waals surface area contributed by atoms with Crippen molar-refractivity contribution in [2.45, 2.75) is 19.3 Å². The van der Waals surface area contributed by atoms with Gasteiger partial charge >= 0.3 is 6.18 Å². The van der Waals surface area contributed by atoms with E-state index in [1.165, 1.54) is 33.9 Å². The van der Waals surface area contributed by atoms with Crippen LogP contribution >= 0.6 is 0 Å². The van der Waals surface area contributed by atoms with Crippen molar-refractivity contribution in [3.63, 3.8) is 0 Å². The average Bonchev–Trinajstić information content (AvgIpc) is 3.29. The van der Waals surface area contributed by atoms with Crippen molar-refractivity contribution in [3.05, 3.63) is 106 Å². The molecule has 0 aliphatic rings. The summed E-state index contributed by atoms with van der Waals surface area (Å²) in [7, 11) is 0. The normalized spacial score (nSPS) is 11.8. The van der Waals surface area contributed by atoms with Crippen molar-refractivity contribution in [2.75, 3.05) is 6.54 Å². The van der Waals surface area contributed by atoms with E-state index in [2.05, 4.69) is 15.4 Å². The first kappa shape index (κ1) is 23.3. The summed E-state index contributed by atoms with van der Waals surface area (Å²) in [6.07, 6.45) is -1.78. The topological polar surface area (TPSA) is 81.8 Å². The molecule has 0 atom stereocenters. The van der Waals surface area contributed by atoms with Gasteiger partial charge in [-0.3, -0.25) is 14.2 Å². The lowest BCUT2D eigenvalue weighted by Crippen LogP contribution is -2.29. The molecule has 2 aromatic heterocycles. The van der Waals surface area contributed by atoms with Gasteiger partial charge in [0.15, 0.2) is 5.65 Å². The largest absolute Gasteiger partial charge is 0.417 e. The maximum Gasteiger partial charge on any atom is 0.417 e. The molecule has 36 heavy (non-hydrogen) atoms. The van der Waals surface area contributed by atoms with Crippen LogP contribution in [-0.4, -0.2) is 31.8 Å². The van der Waals surface area contributed by atoms with Crippen molar-refractivity contribution < 1.29 is 18.0 Å². The number of hydrogen-bond acceptors (Lipinski definition) is 4. The van der Waals surface area contributed by atoms with Crippen molar-refractivity contribution >= 4 is 27.7 Å². The zero-order valence-corrected chi connectivity index (χ0v) is 18.9. The number of amides is 1. The maximum absolute atomic E-state index is 13.2. The van der Waals surface area contributed by atoms with Gasteiger partial charge in [-0.15, -0.1) is 0 Å². The molecule has 0 fully saturated rings. The van der Waals surface area contributed by atoms with Gasteiger partial charge < -0.3 is 5.32 Å². The van der Waals surface area contributed by atoms with E-state index in [1.807, 2.05) is 42.5 Å². The molecular weight excluding hydrogens is 471 g/mol. The molecule has 0 bridgehead atoms. The molecule has 1 amide bonds. The number of aromatic nitrogens is 4. The van der Waals surface area contributed by atoms with Crippen LogP contribution in [0.3, 0.4) is 0 Å². The number of benzene rings is 3. The molecule has 1 N–H and O–H groups in total. The predicted molar refractivity (Wildman–Crippen MR) is 129 cm³/mol. The minimum atomic E-state index is -4.64. The Morgan fingerprint density at radius 3 is 2.53 bits per heavy atom. The van der Waals surface area contributed by atoms with Crippen molar-refractivity contribution in [1.29, 1.82) is 0 Å². The lowest BCUT2D eigenvalue weighted by atomic mass is 10.0. The lowest BCUT2D eigenvalue weighted by Gasteiger charge is -2.12. The van der Waals surface area contributed by atoms with E-state index in [0.717, 1.165) is 28.5 Å².